The number of nitrogens with zero attached hydrogens (tertiary/aromatic N) is 2. The van der Waals surface area contributed by atoms with Crippen LogP contribution in [0.3, 0.4) is 0 Å². The molecule has 0 amide bonds. The van der Waals surface area contributed by atoms with Gasteiger partial charge in [0.1, 0.15) is 5.82 Å². The quantitative estimate of drug-likeness (QED) is 0.661. The molecule has 0 saturated carbocycles. The molecule has 2 N–H and O–H groups in total. The van der Waals surface area contributed by atoms with Gasteiger partial charge in [-0.3, -0.25) is 0 Å². The lowest BCUT2D eigenvalue weighted by Crippen LogP contribution is -1.92. The molecular formula is C13H10ClFN4S2. The van der Waals surface area contributed by atoms with Crippen molar-refractivity contribution in [3.63, 3.8) is 0 Å². The fourth-order valence-electron chi connectivity index (χ4n) is 1.60. The summed E-state index contributed by atoms with van der Waals surface area (Å²) in [6.45, 7) is 0. The number of halogens is 2. The van der Waals surface area contributed by atoms with Gasteiger partial charge in [0.25, 0.3) is 0 Å². The number of hydrogen-bond donors (Lipinski definition) is 2. The first-order valence-corrected chi connectivity index (χ1v) is 8.19. The van der Waals surface area contributed by atoms with Crippen LogP contribution in [0, 0.1) is 5.82 Å². The molecular weight excluding hydrogens is 331 g/mol. The SMILES string of the molecule is Fc1ccc(Nc2nc(SCc3ccc(Cl)s3)n[nH]2)cc1. The molecule has 2 heterocycles. The molecule has 0 aliphatic heterocycles. The van der Waals surface area contributed by atoms with Crippen molar-refractivity contribution in [2.24, 2.45) is 0 Å². The number of hydrogen-bond acceptors (Lipinski definition) is 5. The second kappa shape index (κ2) is 6.46. The first-order valence-electron chi connectivity index (χ1n) is 6.01. The van der Waals surface area contributed by atoms with E-state index < -0.39 is 0 Å². The molecule has 0 aliphatic carbocycles. The van der Waals surface area contributed by atoms with E-state index in [4.69, 9.17) is 11.6 Å². The van der Waals surface area contributed by atoms with Crippen LogP contribution in [0.4, 0.5) is 16.0 Å². The van der Waals surface area contributed by atoms with Crippen LogP contribution in [0.5, 0.6) is 0 Å². The highest BCUT2D eigenvalue weighted by atomic mass is 35.5. The van der Waals surface area contributed by atoms with Gasteiger partial charge in [-0.05, 0) is 36.4 Å². The van der Waals surface area contributed by atoms with Crippen LogP contribution >= 0.6 is 34.7 Å². The van der Waals surface area contributed by atoms with E-state index in [0.29, 0.717) is 11.1 Å². The van der Waals surface area contributed by atoms with Crippen molar-refractivity contribution in [1.29, 1.82) is 0 Å². The van der Waals surface area contributed by atoms with Gasteiger partial charge in [-0.25, -0.2) is 9.49 Å². The third-order valence-corrected chi connectivity index (χ3v) is 4.85. The Kier molecular flexibility index (Phi) is 4.42. The van der Waals surface area contributed by atoms with Crippen molar-refractivity contribution < 1.29 is 4.39 Å². The van der Waals surface area contributed by atoms with E-state index in [1.807, 2.05) is 12.1 Å². The maximum atomic E-state index is 12.8. The van der Waals surface area contributed by atoms with Crippen molar-refractivity contribution in [3.05, 3.63) is 51.4 Å². The molecule has 0 aliphatic rings. The number of nitrogens with one attached hydrogen (secondary N) is 2. The van der Waals surface area contributed by atoms with Crippen molar-refractivity contribution in [2.45, 2.75) is 10.9 Å². The Bertz CT molecular complexity index is 726. The number of thioether (sulfide) groups is 1. The van der Waals surface area contributed by atoms with Crippen molar-refractivity contribution in [2.75, 3.05) is 5.32 Å². The van der Waals surface area contributed by atoms with E-state index in [9.17, 15) is 4.39 Å². The maximum Gasteiger partial charge on any atom is 0.223 e. The van der Waals surface area contributed by atoms with Gasteiger partial charge in [0.2, 0.25) is 11.1 Å². The lowest BCUT2D eigenvalue weighted by molar-refractivity contribution is 0.628. The molecule has 21 heavy (non-hydrogen) atoms. The van der Waals surface area contributed by atoms with E-state index >= 15 is 0 Å². The average Bonchev–Trinajstić information content (AvgIpc) is 3.08. The predicted molar refractivity (Wildman–Crippen MR) is 85.0 cm³/mol. The van der Waals surface area contributed by atoms with Crippen LogP contribution in [-0.2, 0) is 5.75 Å². The molecule has 0 spiro atoms. The first-order chi connectivity index (χ1) is 10.2. The van der Waals surface area contributed by atoms with Gasteiger partial charge < -0.3 is 5.32 Å². The summed E-state index contributed by atoms with van der Waals surface area (Å²) in [5.74, 6) is 1.02. The normalized spacial score (nSPS) is 10.8. The minimum atomic E-state index is -0.274. The van der Waals surface area contributed by atoms with Crippen LogP contribution in [0.15, 0.2) is 41.6 Å². The van der Waals surface area contributed by atoms with Crippen LogP contribution in [0.25, 0.3) is 0 Å². The predicted octanol–water partition coefficient (Wildman–Crippen LogP) is 4.69. The summed E-state index contributed by atoms with van der Waals surface area (Å²) in [6, 6.07) is 9.91. The summed E-state index contributed by atoms with van der Waals surface area (Å²) in [7, 11) is 0. The number of rotatable bonds is 5. The van der Waals surface area contributed by atoms with Crippen molar-refractivity contribution in [3.8, 4) is 0 Å². The second-order valence-corrected chi connectivity index (χ2v) is 6.84. The van der Waals surface area contributed by atoms with E-state index in [1.54, 1.807) is 23.5 Å². The number of anilines is 2. The zero-order chi connectivity index (χ0) is 14.7. The Morgan fingerprint density at radius 1 is 1.24 bits per heavy atom. The number of aromatic nitrogens is 3. The van der Waals surface area contributed by atoms with Crippen LogP contribution in [0.2, 0.25) is 4.34 Å². The number of aromatic amines is 1. The molecule has 0 radical (unpaired) electrons. The Balaban J connectivity index is 1.59. The van der Waals surface area contributed by atoms with Crippen LogP contribution < -0.4 is 5.32 Å². The zero-order valence-electron chi connectivity index (χ0n) is 10.6. The van der Waals surface area contributed by atoms with Crippen molar-refractivity contribution >= 4 is 46.3 Å². The fraction of sp³-hybridized carbons (Fsp3) is 0.0769. The summed E-state index contributed by atoms with van der Waals surface area (Å²) in [5.41, 5.74) is 0.745. The molecule has 3 rings (SSSR count). The van der Waals surface area contributed by atoms with Crippen LogP contribution in [-0.4, -0.2) is 15.2 Å². The summed E-state index contributed by atoms with van der Waals surface area (Å²) in [5, 5.41) is 10.6. The lowest BCUT2D eigenvalue weighted by atomic mass is 10.3. The summed E-state index contributed by atoms with van der Waals surface area (Å²) >= 11 is 8.95. The van der Waals surface area contributed by atoms with E-state index in [-0.39, 0.29) is 5.82 Å². The van der Waals surface area contributed by atoms with Crippen LogP contribution in [0.1, 0.15) is 4.88 Å². The second-order valence-electron chi connectivity index (χ2n) is 4.09. The smallest absolute Gasteiger partial charge is 0.223 e. The average molecular weight is 341 g/mol. The molecule has 0 fully saturated rings. The molecule has 3 aromatic rings. The van der Waals surface area contributed by atoms with E-state index in [1.165, 1.54) is 28.8 Å². The van der Waals surface area contributed by atoms with Gasteiger partial charge in [-0.15, -0.1) is 16.4 Å². The van der Waals surface area contributed by atoms with Gasteiger partial charge in [-0.2, -0.15) is 4.98 Å². The van der Waals surface area contributed by atoms with Gasteiger partial charge >= 0.3 is 0 Å². The fourth-order valence-corrected chi connectivity index (χ4v) is 3.53. The Labute approximate surface area is 133 Å². The molecule has 2 aromatic heterocycles. The minimum absolute atomic E-state index is 0.274. The molecule has 0 atom stereocenters. The highest BCUT2D eigenvalue weighted by Gasteiger charge is 2.06. The van der Waals surface area contributed by atoms with Gasteiger partial charge in [0.05, 0.1) is 4.34 Å². The first kappa shape index (κ1) is 14.4. The zero-order valence-corrected chi connectivity index (χ0v) is 13.0. The molecule has 0 unspecified atom stereocenters. The largest absolute Gasteiger partial charge is 0.325 e. The summed E-state index contributed by atoms with van der Waals surface area (Å²) in [6.07, 6.45) is 0. The highest BCUT2D eigenvalue weighted by molar-refractivity contribution is 7.98. The molecule has 0 saturated heterocycles. The monoisotopic (exact) mass is 340 g/mol. The van der Waals surface area contributed by atoms with Crippen molar-refractivity contribution in [1.82, 2.24) is 15.2 Å². The van der Waals surface area contributed by atoms with Gasteiger partial charge in [0.15, 0.2) is 0 Å². The van der Waals surface area contributed by atoms with Gasteiger partial charge in [0, 0.05) is 16.3 Å². The Morgan fingerprint density at radius 3 is 2.76 bits per heavy atom. The third kappa shape index (κ3) is 3.96. The standard InChI is InChI=1S/C13H10ClFN4S2/c14-11-6-5-10(21-11)7-20-13-17-12(18-19-13)16-9-3-1-8(15)2-4-9/h1-6H,7H2,(H2,16,17,18,19). The van der Waals surface area contributed by atoms with Gasteiger partial charge in [-0.1, -0.05) is 23.4 Å². The Morgan fingerprint density at radius 2 is 2.05 bits per heavy atom. The molecule has 4 nitrogen and oxygen atoms in total. The molecule has 1 aromatic carbocycles. The van der Waals surface area contributed by atoms with E-state index in [2.05, 4.69) is 20.5 Å². The minimum Gasteiger partial charge on any atom is -0.325 e. The topological polar surface area (TPSA) is 53.6 Å². The highest BCUT2D eigenvalue weighted by Crippen LogP contribution is 2.27. The molecule has 108 valence electrons. The molecule has 0 bridgehead atoms. The number of H-pyrrole nitrogens is 1. The Hall–Kier alpha value is -1.57. The number of benzene rings is 1. The third-order valence-electron chi connectivity index (χ3n) is 2.54. The lowest BCUT2D eigenvalue weighted by Gasteiger charge is -2.00. The molecule has 8 heteroatoms. The maximum absolute atomic E-state index is 12.8. The summed E-state index contributed by atoms with van der Waals surface area (Å²) in [4.78, 5) is 5.48. The number of thiophene rings is 1. The van der Waals surface area contributed by atoms with E-state index in [0.717, 1.165) is 15.8 Å². The summed E-state index contributed by atoms with van der Waals surface area (Å²) < 4.78 is 13.6.